The topological polar surface area (TPSA) is 30.5 Å². The van der Waals surface area contributed by atoms with Crippen LogP contribution >= 0.6 is 0 Å². The molecule has 0 saturated carbocycles. The van der Waals surface area contributed by atoms with Gasteiger partial charge in [-0.25, -0.2) is 0 Å². The van der Waals surface area contributed by atoms with Crippen LogP contribution in [0, 0.1) is 0 Å². The lowest BCUT2D eigenvalue weighted by Crippen LogP contribution is -2.24. The molecular weight excluding hydrogens is 226 g/mol. The van der Waals surface area contributed by atoms with E-state index < -0.39 is 0 Å². The van der Waals surface area contributed by atoms with Crippen LogP contribution in [0.2, 0.25) is 0 Å². The zero-order valence-electron chi connectivity index (χ0n) is 11.2. The molecule has 18 heavy (non-hydrogen) atoms. The van der Waals surface area contributed by atoms with E-state index in [1.807, 2.05) is 12.1 Å². The molecule has 0 aliphatic carbocycles. The fourth-order valence-corrected chi connectivity index (χ4v) is 2.26. The van der Waals surface area contributed by atoms with Gasteiger partial charge in [-0.15, -0.1) is 6.58 Å². The molecule has 1 aliphatic rings. The molecule has 0 radical (unpaired) electrons. The number of fused-ring (bicyclic) bond motifs is 1. The predicted octanol–water partition coefficient (Wildman–Crippen LogP) is 3.07. The second-order valence-electron chi connectivity index (χ2n) is 4.64. The molecule has 0 amide bonds. The fraction of sp³-hybridized carbons (Fsp3) is 0.467. The molecule has 1 atom stereocenters. The van der Waals surface area contributed by atoms with Crippen molar-refractivity contribution in [2.45, 2.75) is 26.3 Å². The van der Waals surface area contributed by atoms with Gasteiger partial charge in [0.15, 0.2) is 11.5 Å². The molecule has 1 aromatic rings. The van der Waals surface area contributed by atoms with Crippen LogP contribution in [-0.2, 0) is 0 Å². The van der Waals surface area contributed by atoms with Gasteiger partial charge in [-0.1, -0.05) is 24.6 Å². The van der Waals surface area contributed by atoms with Gasteiger partial charge in [0.25, 0.3) is 0 Å². The number of rotatable bonds is 5. The Morgan fingerprint density at radius 3 is 2.89 bits per heavy atom. The van der Waals surface area contributed by atoms with Gasteiger partial charge in [-0.2, -0.15) is 0 Å². The quantitative estimate of drug-likeness (QED) is 0.811. The van der Waals surface area contributed by atoms with Crippen LogP contribution in [0.3, 0.4) is 0 Å². The Morgan fingerprint density at radius 1 is 1.39 bits per heavy atom. The molecule has 0 bridgehead atoms. The van der Waals surface area contributed by atoms with Crippen molar-refractivity contribution >= 4 is 0 Å². The van der Waals surface area contributed by atoms with Gasteiger partial charge in [0.05, 0.1) is 0 Å². The SMILES string of the molecule is C=C(C)CC(NCC)c1cccc2c1OCCO2. The molecule has 0 spiro atoms. The van der Waals surface area contributed by atoms with Crippen molar-refractivity contribution in [1.82, 2.24) is 5.32 Å². The average Bonchev–Trinajstić information content (AvgIpc) is 2.37. The maximum atomic E-state index is 5.77. The molecular formula is C15H21NO2. The van der Waals surface area contributed by atoms with E-state index in [4.69, 9.17) is 9.47 Å². The summed E-state index contributed by atoms with van der Waals surface area (Å²) < 4.78 is 11.4. The van der Waals surface area contributed by atoms with Gasteiger partial charge in [-0.05, 0) is 26.0 Å². The number of hydrogen-bond donors (Lipinski definition) is 1. The molecule has 1 aliphatic heterocycles. The molecule has 1 unspecified atom stereocenters. The van der Waals surface area contributed by atoms with Crippen molar-refractivity contribution in [2.75, 3.05) is 19.8 Å². The summed E-state index contributed by atoms with van der Waals surface area (Å²) >= 11 is 0. The zero-order chi connectivity index (χ0) is 13.0. The molecule has 0 saturated heterocycles. The largest absolute Gasteiger partial charge is 0.486 e. The van der Waals surface area contributed by atoms with Crippen LogP contribution in [-0.4, -0.2) is 19.8 Å². The summed E-state index contributed by atoms with van der Waals surface area (Å²) in [5, 5.41) is 3.48. The highest BCUT2D eigenvalue weighted by Crippen LogP contribution is 2.38. The fourth-order valence-electron chi connectivity index (χ4n) is 2.26. The Kier molecular flexibility index (Phi) is 4.26. The third kappa shape index (κ3) is 2.85. The van der Waals surface area contributed by atoms with E-state index in [1.165, 1.54) is 0 Å². The van der Waals surface area contributed by atoms with Crippen LogP contribution < -0.4 is 14.8 Å². The lowest BCUT2D eigenvalue weighted by molar-refractivity contribution is 0.168. The standard InChI is InChI=1S/C15H21NO2/c1-4-16-13(10-11(2)3)12-6-5-7-14-15(12)18-9-8-17-14/h5-7,13,16H,2,4,8-10H2,1,3H3. The van der Waals surface area contributed by atoms with Crippen molar-refractivity contribution in [3.63, 3.8) is 0 Å². The smallest absolute Gasteiger partial charge is 0.166 e. The number of hydrogen-bond acceptors (Lipinski definition) is 3. The summed E-state index contributed by atoms with van der Waals surface area (Å²) in [6.07, 6.45) is 0.910. The highest BCUT2D eigenvalue weighted by atomic mass is 16.6. The summed E-state index contributed by atoms with van der Waals surface area (Å²) in [7, 11) is 0. The third-order valence-electron chi connectivity index (χ3n) is 2.98. The normalized spacial score (nSPS) is 15.2. The average molecular weight is 247 g/mol. The van der Waals surface area contributed by atoms with Gasteiger partial charge in [0.1, 0.15) is 13.2 Å². The number of benzene rings is 1. The summed E-state index contributed by atoms with van der Waals surface area (Å²) in [5.74, 6) is 1.74. The van der Waals surface area contributed by atoms with Gasteiger partial charge < -0.3 is 14.8 Å². The Balaban J connectivity index is 2.31. The summed E-state index contributed by atoms with van der Waals surface area (Å²) in [5.41, 5.74) is 2.33. The van der Waals surface area contributed by atoms with Gasteiger partial charge in [0.2, 0.25) is 0 Å². The molecule has 1 heterocycles. The van der Waals surface area contributed by atoms with E-state index >= 15 is 0 Å². The van der Waals surface area contributed by atoms with Crippen molar-refractivity contribution in [2.24, 2.45) is 0 Å². The van der Waals surface area contributed by atoms with E-state index in [0.29, 0.717) is 13.2 Å². The van der Waals surface area contributed by atoms with Crippen LogP contribution in [0.1, 0.15) is 31.9 Å². The number of ether oxygens (including phenoxy) is 2. The lowest BCUT2D eigenvalue weighted by Gasteiger charge is -2.26. The highest BCUT2D eigenvalue weighted by Gasteiger charge is 2.21. The van der Waals surface area contributed by atoms with E-state index in [0.717, 1.165) is 35.6 Å². The van der Waals surface area contributed by atoms with Crippen LogP contribution in [0.15, 0.2) is 30.4 Å². The van der Waals surface area contributed by atoms with Gasteiger partial charge in [0, 0.05) is 11.6 Å². The summed E-state index contributed by atoms with van der Waals surface area (Å²) in [6.45, 7) is 10.3. The number of para-hydroxylation sites is 1. The summed E-state index contributed by atoms with van der Waals surface area (Å²) in [4.78, 5) is 0. The Labute approximate surface area is 109 Å². The first-order valence-electron chi connectivity index (χ1n) is 6.48. The van der Waals surface area contributed by atoms with Crippen LogP contribution in [0.25, 0.3) is 0 Å². The highest BCUT2D eigenvalue weighted by molar-refractivity contribution is 5.49. The monoisotopic (exact) mass is 247 g/mol. The number of nitrogens with one attached hydrogen (secondary N) is 1. The molecule has 98 valence electrons. The van der Waals surface area contributed by atoms with Crippen molar-refractivity contribution in [3.8, 4) is 11.5 Å². The second-order valence-corrected chi connectivity index (χ2v) is 4.64. The first kappa shape index (κ1) is 13.0. The first-order valence-corrected chi connectivity index (χ1v) is 6.48. The molecule has 2 rings (SSSR count). The van der Waals surface area contributed by atoms with E-state index in [2.05, 4.69) is 31.8 Å². The van der Waals surface area contributed by atoms with Crippen molar-refractivity contribution in [1.29, 1.82) is 0 Å². The molecule has 1 N–H and O–H groups in total. The first-order chi connectivity index (χ1) is 8.72. The molecule has 0 aromatic heterocycles. The van der Waals surface area contributed by atoms with Crippen molar-refractivity contribution < 1.29 is 9.47 Å². The van der Waals surface area contributed by atoms with E-state index in [1.54, 1.807) is 0 Å². The minimum atomic E-state index is 0.240. The lowest BCUT2D eigenvalue weighted by atomic mass is 9.98. The molecule has 1 aromatic carbocycles. The maximum absolute atomic E-state index is 5.77. The molecule has 3 heteroatoms. The van der Waals surface area contributed by atoms with E-state index in [-0.39, 0.29) is 6.04 Å². The Hall–Kier alpha value is -1.48. The van der Waals surface area contributed by atoms with Crippen LogP contribution in [0.5, 0.6) is 11.5 Å². The Morgan fingerprint density at radius 2 is 2.17 bits per heavy atom. The van der Waals surface area contributed by atoms with Crippen molar-refractivity contribution in [3.05, 3.63) is 35.9 Å². The third-order valence-corrected chi connectivity index (χ3v) is 2.98. The maximum Gasteiger partial charge on any atom is 0.166 e. The second kappa shape index (κ2) is 5.91. The zero-order valence-corrected chi connectivity index (χ0v) is 11.2. The molecule has 0 fully saturated rings. The summed E-state index contributed by atoms with van der Waals surface area (Å²) in [6, 6.07) is 6.32. The minimum absolute atomic E-state index is 0.240. The van der Waals surface area contributed by atoms with E-state index in [9.17, 15) is 0 Å². The molecule has 3 nitrogen and oxygen atoms in total. The predicted molar refractivity (Wildman–Crippen MR) is 73.3 cm³/mol. The minimum Gasteiger partial charge on any atom is -0.486 e. The van der Waals surface area contributed by atoms with Gasteiger partial charge in [-0.3, -0.25) is 0 Å². The van der Waals surface area contributed by atoms with Crippen LogP contribution in [0.4, 0.5) is 0 Å². The van der Waals surface area contributed by atoms with Gasteiger partial charge >= 0.3 is 0 Å². The Bertz CT molecular complexity index is 429.